The SMILES string of the molecule is Cc1noc(OCC(F)F)n1. The molecule has 0 saturated heterocycles. The average Bonchev–Trinajstić information content (AvgIpc) is 2.31. The number of ether oxygens (including phenoxy) is 1. The summed E-state index contributed by atoms with van der Waals surface area (Å²) in [7, 11) is 0. The molecule has 0 amide bonds. The van der Waals surface area contributed by atoms with Crippen molar-refractivity contribution in [3.63, 3.8) is 0 Å². The zero-order valence-corrected chi connectivity index (χ0v) is 5.75. The molecule has 0 aliphatic heterocycles. The Morgan fingerprint density at radius 2 is 2.36 bits per heavy atom. The molecule has 11 heavy (non-hydrogen) atoms. The Kier molecular flexibility index (Phi) is 2.35. The third-order valence-electron chi connectivity index (χ3n) is 0.842. The van der Waals surface area contributed by atoms with Crippen molar-refractivity contribution in [3.05, 3.63) is 5.82 Å². The minimum atomic E-state index is -2.53. The summed E-state index contributed by atoms with van der Waals surface area (Å²) in [5.41, 5.74) is 0. The van der Waals surface area contributed by atoms with Gasteiger partial charge in [0.1, 0.15) is 0 Å². The Balaban J connectivity index is 2.39. The largest absolute Gasteiger partial charge is 0.443 e. The molecule has 0 aliphatic rings. The van der Waals surface area contributed by atoms with E-state index in [1.807, 2.05) is 0 Å². The highest BCUT2D eigenvalue weighted by molar-refractivity contribution is 4.86. The second-order valence-electron chi connectivity index (χ2n) is 1.81. The maximum absolute atomic E-state index is 11.5. The van der Waals surface area contributed by atoms with Gasteiger partial charge in [-0.15, -0.1) is 0 Å². The third kappa shape index (κ3) is 2.48. The topological polar surface area (TPSA) is 48.2 Å². The van der Waals surface area contributed by atoms with Crippen LogP contribution in [0.4, 0.5) is 8.78 Å². The van der Waals surface area contributed by atoms with E-state index < -0.39 is 13.0 Å². The van der Waals surface area contributed by atoms with Crippen LogP contribution in [0.1, 0.15) is 5.82 Å². The number of halogens is 2. The van der Waals surface area contributed by atoms with E-state index in [0.29, 0.717) is 5.82 Å². The first kappa shape index (κ1) is 7.90. The molecule has 0 spiro atoms. The number of rotatable bonds is 3. The normalized spacial score (nSPS) is 10.5. The highest BCUT2D eigenvalue weighted by atomic mass is 19.3. The van der Waals surface area contributed by atoms with Crippen LogP contribution in [-0.2, 0) is 0 Å². The molecule has 0 radical (unpaired) electrons. The molecule has 1 aromatic heterocycles. The third-order valence-corrected chi connectivity index (χ3v) is 0.842. The first-order valence-electron chi connectivity index (χ1n) is 2.90. The van der Waals surface area contributed by atoms with E-state index in [0.717, 1.165) is 0 Å². The predicted molar refractivity (Wildman–Crippen MR) is 30.5 cm³/mol. The molecular weight excluding hydrogens is 158 g/mol. The van der Waals surface area contributed by atoms with E-state index in [-0.39, 0.29) is 6.08 Å². The molecule has 0 N–H and O–H groups in total. The lowest BCUT2D eigenvalue weighted by Gasteiger charge is -1.96. The molecule has 0 atom stereocenters. The highest BCUT2D eigenvalue weighted by Crippen LogP contribution is 2.06. The Morgan fingerprint density at radius 3 is 2.82 bits per heavy atom. The number of aromatic nitrogens is 2. The lowest BCUT2D eigenvalue weighted by Crippen LogP contribution is -2.06. The van der Waals surface area contributed by atoms with Crippen LogP contribution in [0.25, 0.3) is 0 Å². The molecule has 4 nitrogen and oxygen atoms in total. The average molecular weight is 164 g/mol. The van der Waals surface area contributed by atoms with Crippen LogP contribution in [0.3, 0.4) is 0 Å². The Labute approximate surface area is 61.2 Å². The molecule has 1 rings (SSSR count). The number of hydrogen-bond acceptors (Lipinski definition) is 4. The lowest BCUT2D eigenvalue weighted by atomic mass is 10.7. The molecular formula is C5H6F2N2O2. The van der Waals surface area contributed by atoms with E-state index >= 15 is 0 Å². The quantitative estimate of drug-likeness (QED) is 0.669. The number of aryl methyl sites for hydroxylation is 1. The van der Waals surface area contributed by atoms with Crippen molar-refractivity contribution in [1.29, 1.82) is 0 Å². The van der Waals surface area contributed by atoms with Crippen molar-refractivity contribution >= 4 is 0 Å². The van der Waals surface area contributed by atoms with Crippen molar-refractivity contribution in [2.75, 3.05) is 6.61 Å². The molecule has 6 heteroatoms. The van der Waals surface area contributed by atoms with Gasteiger partial charge in [-0.2, -0.15) is 4.98 Å². The van der Waals surface area contributed by atoms with Crippen LogP contribution >= 0.6 is 0 Å². The van der Waals surface area contributed by atoms with E-state index in [9.17, 15) is 8.78 Å². The van der Waals surface area contributed by atoms with Gasteiger partial charge < -0.3 is 4.74 Å². The monoisotopic (exact) mass is 164 g/mol. The van der Waals surface area contributed by atoms with Crippen LogP contribution in [-0.4, -0.2) is 23.2 Å². The summed E-state index contributed by atoms with van der Waals surface area (Å²) in [5, 5.41) is 3.34. The predicted octanol–water partition coefficient (Wildman–Crippen LogP) is 1.02. The van der Waals surface area contributed by atoms with Gasteiger partial charge in [0, 0.05) is 0 Å². The van der Waals surface area contributed by atoms with Crippen LogP contribution in [0.5, 0.6) is 6.08 Å². The molecule has 0 aromatic carbocycles. The van der Waals surface area contributed by atoms with E-state index in [1.165, 1.54) is 0 Å². The van der Waals surface area contributed by atoms with Crippen molar-refractivity contribution in [2.45, 2.75) is 13.3 Å². The van der Waals surface area contributed by atoms with Gasteiger partial charge in [-0.1, -0.05) is 5.16 Å². The number of nitrogens with zero attached hydrogens (tertiary/aromatic N) is 2. The van der Waals surface area contributed by atoms with E-state index in [4.69, 9.17) is 0 Å². The maximum Gasteiger partial charge on any atom is 0.417 e. The molecule has 62 valence electrons. The summed E-state index contributed by atoms with van der Waals surface area (Å²) in [6.45, 7) is 0.848. The summed E-state index contributed by atoms with van der Waals surface area (Å²) < 4.78 is 31.8. The van der Waals surface area contributed by atoms with Crippen LogP contribution in [0.15, 0.2) is 4.52 Å². The zero-order chi connectivity index (χ0) is 8.27. The first-order chi connectivity index (χ1) is 5.18. The van der Waals surface area contributed by atoms with Gasteiger partial charge in [0.05, 0.1) is 0 Å². The fourth-order valence-electron chi connectivity index (χ4n) is 0.471. The molecule has 0 bridgehead atoms. The maximum atomic E-state index is 11.5. The Bertz CT molecular complexity index is 226. The van der Waals surface area contributed by atoms with Crippen molar-refractivity contribution in [3.8, 4) is 6.08 Å². The lowest BCUT2D eigenvalue weighted by molar-refractivity contribution is 0.0618. The number of alkyl halides is 2. The van der Waals surface area contributed by atoms with E-state index in [1.54, 1.807) is 6.92 Å². The smallest absolute Gasteiger partial charge is 0.417 e. The molecule has 0 saturated carbocycles. The number of hydrogen-bond donors (Lipinski definition) is 0. The summed E-state index contributed by atoms with van der Waals surface area (Å²) in [4.78, 5) is 3.55. The van der Waals surface area contributed by atoms with Gasteiger partial charge >= 0.3 is 6.08 Å². The van der Waals surface area contributed by atoms with Gasteiger partial charge in [-0.3, -0.25) is 4.52 Å². The summed E-state index contributed by atoms with van der Waals surface area (Å²) >= 11 is 0. The van der Waals surface area contributed by atoms with Gasteiger partial charge in [0.15, 0.2) is 12.4 Å². The molecule has 1 aromatic rings. The second-order valence-corrected chi connectivity index (χ2v) is 1.81. The van der Waals surface area contributed by atoms with E-state index in [2.05, 4.69) is 19.4 Å². The molecule has 0 unspecified atom stereocenters. The van der Waals surface area contributed by atoms with Crippen molar-refractivity contribution in [1.82, 2.24) is 10.1 Å². The molecule has 0 fully saturated rings. The van der Waals surface area contributed by atoms with Crippen LogP contribution in [0.2, 0.25) is 0 Å². The van der Waals surface area contributed by atoms with Crippen molar-refractivity contribution < 1.29 is 18.0 Å². The zero-order valence-electron chi connectivity index (χ0n) is 5.75. The van der Waals surface area contributed by atoms with Gasteiger partial charge in [0.25, 0.3) is 6.43 Å². The highest BCUT2D eigenvalue weighted by Gasteiger charge is 2.07. The van der Waals surface area contributed by atoms with Gasteiger partial charge in [-0.05, 0) is 6.92 Å². The second kappa shape index (κ2) is 3.27. The summed E-state index contributed by atoms with van der Waals surface area (Å²) in [6.07, 6.45) is -2.75. The van der Waals surface area contributed by atoms with Crippen LogP contribution < -0.4 is 4.74 Å². The fourth-order valence-corrected chi connectivity index (χ4v) is 0.471. The molecule has 1 heterocycles. The minimum absolute atomic E-state index is 0.220. The Morgan fingerprint density at radius 1 is 1.64 bits per heavy atom. The van der Waals surface area contributed by atoms with Gasteiger partial charge in [0.2, 0.25) is 0 Å². The van der Waals surface area contributed by atoms with Gasteiger partial charge in [-0.25, -0.2) is 8.78 Å². The fraction of sp³-hybridized carbons (Fsp3) is 0.600. The minimum Gasteiger partial charge on any atom is -0.443 e. The first-order valence-corrected chi connectivity index (χ1v) is 2.90. The summed E-state index contributed by atoms with van der Waals surface area (Å²) in [6, 6.07) is 0. The van der Waals surface area contributed by atoms with Crippen molar-refractivity contribution in [2.24, 2.45) is 0 Å². The molecule has 0 aliphatic carbocycles. The Hall–Kier alpha value is -1.20. The van der Waals surface area contributed by atoms with Crippen LogP contribution in [0, 0.1) is 6.92 Å². The summed E-state index contributed by atoms with van der Waals surface area (Å²) in [5.74, 6) is 0.356. The standard InChI is InChI=1S/C5H6F2N2O2/c1-3-8-5(11-9-3)10-2-4(6)7/h4H,2H2,1H3.